The van der Waals surface area contributed by atoms with Crippen LogP contribution >= 0.6 is 12.4 Å². The molecule has 2 rings (SSSR count). The summed E-state index contributed by atoms with van der Waals surface area (Å²) in [6, 6.07) is 1.44. The van der Waals surface area contributed by atoms with Crippen LogP contribution in [-0.2, 0) is 12.4 Å². The highest BCUT2D eigenvalue weighted by Gasteiger charge is 2.40. The maximum Gasteiger partial charge on any atom is 0.416 e. The number of nitrogens with one attached hydrogen (secondary N) is 1. The summed E-state index contributed by atoms with van der Waals surface area (Å²) in [5.41, 5.74) is -2.53. The van der Waals surface area contributed by atoms with Crippen molar-refractivity contribution in [3.05, 3.63) is 34.9 Å². The van der Waals surface area contributed by atoms with Gasteiger partial charge in [-0.05, 0) is 30.0 Å². The average Bonchev–Trinajstić information content (AvgIpc) is 2.51. The fourth-order valence-corrected chi connectivity index (χ4v) is 3.18. The van der Waals surface area contributed by atoms with Crippen LogP contribution < -0.4 is 5.32 Å². The minimum atomic E-state index is -4.83. The van der Waals surface area contributed by atoms with E-state index in [1.807, 2.05) is 18.7 Å². The molecule has 0 aliphatic carbocycles. The lowest BCUT2D eigenvalue weighted by atomic mass is 9.90. The Bertz CT molecular complexity index is 580. The molecule has 1 aromatic carbocycles. The third-order valence-electron chi connectivity index (χ3n) is 4.33. The van der Waals surface area contributed by atoms with Gasteiger partial charge < -0.3 is 5.32 Å². The van der Waals surface area contributed by atoms with E-state index in [0.29, 0.717) is 32.6 Å². The van der Waals surface area contributed by atoms with Crippen molar-refractivity contribution >= 4 is 12.4 Å². The van der Waals surface area contributed by atoms with E-state index in [9.17, 15) is 26.3 Å². The van der Waals surface area contributed by atoms with Gasteiger partial charge in [0.2, 0.25) is 0 Å². The first-order valence-electron chi connectivity index (χ1n) is 8.23. The lowest BCUT2D eigenvalue weighted by Crippen LogP contribution is -2.45. The number of halogens is 7. The molecule has 150 valence electrons. The van der Waals surface area contributed by atoms with Crippen LogP contribution in [0.1, 0.15) is 43.0 Å². The Hall–Kier alpha value is -0.990. The molecule has 1 aliphatic rings. The van der Waals surface area contributed by atoms with Crippen LogP contribution in [-0.4, -0.2) is 31.1 Å². The molecule has 1 atom stereocenters. The molecule has 0 aromatic heterocycles. The van der Waals surface area contributed by atoms with Gasteiger partial charge in [0.05, 0.1) is 11.1 Å². The summed E-state index contributed by atoms with van der Waals surface area (Å²) in [7, 11) is 0. The molecule has 2 nitrogen and oxygen atoms in total. The van der Waals surface area contributed by atoms with Crippen molar-refractivity contribution in [1.29, 1.82) is 0 Å². The van der Waals surface area contributed by atoms with Crippen LogP contribution in [0, 0.1) is 5.92 Å². The number of alkyl halides is 6. The second-order valence-corrected chi connectivity index (χ2v) is 6.73. The molecular formula is C17H23ClF6N2. The largest absolute Gasteiger partial charge is 0.416 e. The highest BCUT2D eigenvalue weighted by Crippen LogP contribution is 2.41. The summed E-state index contributed by atoms with van der Waals surface area (Å²) >= 11 is 0. The van der Waals surface area contributed by atoms with Gasteiger partial charge in [-0.3, -0.25) is 4.90 Å². The number of benzene rings is 1. The van der Waals surface area contributed by atoms with Crippen LogP contribution in [0.5, 0.6) is 0 Å². The van der Waals surface area contributed by atoms with E-state index in [1.165, 1.54) is 0 Å². The highest BCUT2D eigenvalue weighted by molar-refractivity contribution is 5.85. The summed E-state index contributed by atoms with van der Waals surface area (Å²) in [6.45, 7) is 6.22. The fourth-order valence-electron chi connectivity index (χ4n) is 3.18. The van der Waals surface area contributed by atoms with Gasteiger partial charge in [0, 0.05) is 32.2 Å². The predicted molar refractivity (Wildman–Crippen MR) is 90.3 cm³/mol. The molecule has 1 saturated heterocycles. The van der Waals surface area contributed by atoms with Crippen molar-refractivity contribution in [2.75, 3.05) is 26.2 Å². The zero-order valence-electron chi connectivity index (χ0n) is 14.5. The lowest BCUT2D eigenvalue weighted by molar-refractivity contribution is -0.143. The van der Waals surface area contributed by atoms with Crippen LogP contribution in [0.4, 0.5) is 26.3 Å². The molecule has 0 radical (unpaired) electrons. The number of rotatable bonds is 4. The van der Waals surface area contributed by atoms with Gasteiger partial charge in [-0.25, -0.2) is 0 Å². The van der Waals surface area contributed by atoms with E-state index in [-0.39, 0.29) is 30.0 Å². The maximum atomic E-state index is 13.5. The van der Waals surface area contributed by atoms with E-state index < -0.39 is 29.5 Å². The van der Waals surface area contributed by atoms with Crippen molar-refractivity contribution in [2.24, 2.45) is 5.92 Å². The molecule has 0 unspecified atom stereocenters. The zero-order chi connectivity index (χ0) is 18.8. The molecule has 1 heterocycles. The van der Waals surface area contributed by atoms with E-state index in [0.717, 1.165) is 12.1 Å². The Labute approximate surface area is 155 Å². The minimum Gasteiger partial charge on any atom is -0.314 e. The van der Waals surface area contributed by atoms with Crippen molar-refractivity contribution in [1.82, 2.24) is 10.2 Å². The van der Waals surface area contributed by atoms with Crippen LogP contribution in [0.2, 0.25) is 0 Å². The van der Waals surface area contributed by atoms with Gasteiger partial charge in [-0.2, -0.15) is 26.3 Å². The molecule has 1 aliphatic heterocycles. The van der Waals surface area contributed by atoms with Gasteiger partial charge in [0.25, 0.3) is 0 Å². The Kier molecular flexibility index (Phi) is 7.80. The third-order valence-corrected chi connectivity index (χ3v) is 4.33. The molecule has 1 fully saturated rings. The third kappa shape index (κ3) is 5.76. The molecule has 0 saturated carbocycles. The Balaban J connectivity index is 0.00000338. The molecule has 1 N–H and O–H groups in total. The second kappa shape index (κ2) is 8.80. The maximum absolute atomic E-state index is 13.5. The molecule has 0 spiro atoms. The first-order valence-corrected chi connectivity index (χ1v) is 8.23. The number of hydrogen-bond acceptors (Lipinski definition) is 2. The van der Waals surface area contributed by atoms with Gasteiger partial charge in [-0.1, -0.05) is 19.9 Å². The number of nitrogens with zero attached hydrogens (tertiary/aromatic N) is 1. The fraction of sp³-hybridized carbons (Fsp3) is 0.647. The first kappa shape index (κ1) is 23.0. The lowest BCUT2D eigenvalue weighted by Gasteiger charge is -2.37. The van der Waals surface area contributed by atoms with Crippen LogP contribution in [0.15, 0.2) is 18.2 Å². The SMILES string of the molecule is CC(C)C[C@@H](c1ccc(C(F)(F)F)cc1C(F)(F)F)N1CCNCC1.Cl. The number of piperazine rings is 1. The minimum absolute atomic E-state index is 0. The summed E-state index contributed by atoms with van der Waals surface area (Å²) in [6.07, 6.45) is -9.19. The average molecular weight is 405 g/mol. The molecule has 0 bridgehead atoms. The Morgan fingerprint density at radius 3 is 2.04 bits per heavy atom. The quantitative estimate of drug-likeness (QED) is 0.699. The Morgan fingerprint density at radius 2 is 1.58 bits per heavy atom. The highest BCUT2D eigenvalue weighted by atomic mass is 35.5. The Morgan fingerprint density at radius 1 is 1.00 bits per heavy atom. The van der Waals surface area contributed by atoms with E-state index in [1.54, 1.807) is 0 Å². The molecule has 26 heavy (non-hydrogen) atoms. The summed E-state index contributed by atoms with van der Waals surface area (Å²) in [5, 5.41) is 3.14. The predicted octanol–water partition coefficient (Wildman–Crippen LogP) is 5.14. The van der Waals surface area contributed by atoms with E-state index in [4.69, 9.17) is 0 Å². The molecule has 9 heteroatoms. The topological polar surface area (TPSA) is 15.3 Å². The summed E-state index contributed by atoms with van der Waals surface area (Å²) in [5.74, 6) is 0.114. The summed E-state index contributed by atoms with van der Waals surface area (Å²) < 4.78 is 79.1. The smallest absolute Gasteiger partial charge is 0.314 e. The van der Waals surface area contributed by atoms with Gasteiger partial charge in [-0.15, -0.1) is 12.4 Å². The summed E-state index contributed by atoms with van der Waals surface area (Å²) in [4.78, 5) is 1.92. The standard InChI is InChI=1S/C17H22F6N2.ClH/c1-11(2)9-15(25-7-5-24-6-8-25)13-4-3-12(16(18,19)20)10-14(13)17(21,22)23;/h3-4,10-11,15,24H,5-9H2,1-2H3;1H/t15-;/m0./s1. The molecule has 0 amide bonds. The van der Waals surface area contributed by atoms with Gasteiger partial charge >= 0.3 is 12.4 Å². The van der Waals surface area contributed by atoms with Crippen LogP contribution in [0.3, 0.4) is 0 Å². The van der Waals surface area contributed by atoms with Crippen molar-refractivity contribution < 1.29 is 26.3 Å². The van der Waals surface area contributed by atoms with E-state index >= 15 is 0 Å². The molecule has 1 aromatic rings. The van der Waals surface area contributed by atoms with Crippen molar-refractivity contribution in [3.8, 4) is 0 Å². The van der Waals surface area contributed by atoms with Crippen LogP contribution in [0.25, 0.3) is 0 Å². The van der Waals surface area contributed by atoms with Crippen molar-refractivity contribution in [3.63, 3.8) is 0 Å². The number of hydrogen-bond donors (Lipinski definition) is 1. The monoisotopic (exact) mass is 404 g/mol. The molecular weight excluding hydrogens is 382 g/mol. The normalized spacial score (nSPS) is 17.9. The van der Waals surface area contributed by atoms with Gasteiger partial charge in [0.1, 0.15) is 0 Å². The zero-order valence-corrected chi connectivity index (χ0v) is 15.4. The first-order chi connectivity index (χ1) is 11.5. The second-order valence-electron chi connectivity index (χ2n) is 6.73. The van der Waals surface area contributed by atoms with Crippen molar-refractivity contribution in [2.45, 2.75) is 38.7 Å². The van der Waals surface area contributed by atoms with E-state index in [2.05, 4.69) is 5.32 Å². The van der Waals surface area contributed by atoms with Gasteiger partial charge in [0.15, 0.2) is 0 Å².